The Labute approximate surface area is 129 Å². The van der Waals surface area contributed by atoms with Crippen molar-refractivity contribution in [2.45, 2.75) is 6.61 Å². The van der Waals surface area contributed by atoms with E-state index in [1.807, 2.05) is 30.3 Å². The van der Waals surface area contributed by atoms with Crippen LogP contribution in [0.15, 0.2) is 48.5 Å². The molecule has 0 saturated carbocycles. The highest BCUT2D eigenvalue weighted by molar-refractivity contribution is 5.90. The largest absolute Gasteiger partial charge is 0.493 e. The van der Waals surface area contributed by atoms with Gasteiger partial charge in [-0.05, 0) is 23.8 Å². The molecular formula is C17H18O5. The van der Waals surface area contributed by atoms with E-state index >= 15 is 0 Å². The second kappa shape index (κ2) is 8.05. The van der Waals surface area contributed by atoms with Crippen LogP contribution in [0.4, 0.5) is 0 Å². The van der Waals surface area contributed by atoms with Crippen LogP contribution in [0.2, 0.25) is 0 Å². The molecule has 0 aliphatic carbocycles. The average molecular weight is 302 g/mol. The van der Waals surface area contributed by atoms with Crippen LogP contribution in [-0.2, 0) is 16.1 Å². The van der Waals surface area contributed by atoms with Gasteiger partial charge in [0.05, 0.1) is 12.7 Å². The molecule has 116 valence electrons. The van der Waals surface area contributed by atoms with Crippen molar-refractivity contribution in [1.29, 1.82) is 0 Å². The SMILES string of the molecule is COCOC(=O)c1ccc(OCc2ccccc2)c(OC)c1. The lowest BCUT2D eigenvalue weighted by atomic mass is 10.2. The lowest BCUT2D eigenvalue weighted by Gasteiger charge is -2.12. The smallest absolute Gasteiger partial charge is 0.340 e. The predicted molar refractivity (Wildman–Crippen MR) is 81.1 cm³/mol. The van der Waals surface area contributed by atoms with Gasteiger partial charge in [0.25, 0.3) is 0 Å². The van der Waals surface area contributed by atoms with E-state index in [1.54, 1.807) is 18.2 Å². The number of hydrogen-bond acceptors (Lipinski definition) is 5. The van der Waals surface area contributed by atoms with Crippen molar-refractivity contribution >= 4 is 5.97 Å². The minimum absolute atomic E-state index is 0.0899. The summed E-state index contributed by atoms with van der Waals surface area (Å²) in [6.45, 7) is 0.331. The molecule has 0 aliphatic rings. The van der Waals surface area contributed by atoms with Gasteiger partial charge in [0, 0.05) is 7.11 Å². The molecule has 0 bridgehead atoms. The van der Waals surface area contributed by atoms with Crippen LogP contribution in [0.3, 0.4) is 0 Å². The summed E-state index contributed by atoms with van der Waals surface area (Å²) in [5, 5.41) is 0. The number of esters is 1. The maximum absolute atomic E-state index is 11.8. The lowest BCUT2D eigenvalue weighted by Crippen LogP contribution is -2.08. The molecule has 22 heavy (non-hydrogen) atoms. The molecule has 0 spiro atoms. The number of ether oxygens (including phenoxy) is 4. The van der Waals surface area contributed by atoms with Gasteiger partial charge < -0.3 is 18.9 Å². The van der Waals surface area contributed by atoms with Crippen LogP contribution in [0, 0.1) is 0 Å². The van der Waals surface area contributed by atoms with Gasteiger partial charge >= 0.3 is 5.97 Å². The molecule has 0 aliphatic heterocycles. The fourth-order valence-corrected chi connectivity index (χ4v) is 1.84. The molecular weight excluding hydrogens is 284 g/mol. The molecule has 2 aromatic rings. The highest BCUT2D eigenvalue weighted by atomic mass is 16.7. The predicted octanol–water partition coefficient (Wildman–Crippen LogP) is 3.03. The fraction of sp³-hybridized carbons (Fsp3) is 0.235. The second-order valence-corrected chi connectivity index (χ2v) is 4.48. The van der Waals surface area contributed by atoms with Crippen molar-refractivity contribution in [3.8, 4) is 11.5 Å². The van der Waals surface area contributed by atoms with Crippen molar-refractivity contribution < 1.29 is 23.7 Å². The molecule has 5 heteroatoms. The molecule has 0 atom stereocenters. The minimum Gasteiger partial charge on any atom is -0.493 e. The van der Waals surface area contributed by atoms with Crippen LogP contribution in [0.5, 0.6) is 11.5 Å². The van der Waals surface area contributed by atoms with Crippen molar-refractivity contribution in [3.05, 3.63) is 59.7 Å². The summed E-state index contributed by atoms with van der Waals surface area (Å²) < 4.78 is 20.6. The summed E-state index contributed by atoms with van der Waals surface area (Å²) in [4.78, 5) is 11.8. The highest BCUT2D eigenvalue weighted by Crippen LogP contribution is 2.29. The lowest BCUT2D eigenvalue weighted by molar-refractivity contribution is -0.0125. The Balaban J connectivity index is 2.07. The molecule has 0 heterocycles. The summed E-state index contributed by atoms with van der Waals surface area (Å²) in [6.07, 6.45) is 0. The molecule has 0 aromatic heterocycles. The second-order valence-electron chi connectivity index (χ2n) is 4.48. The number of rotatable bonds is 7. The quantitative estimate of drug-likeness (QED) is 0.581. The fourth-order valence-electron chi connectivity index (χ4n) is 1.84. The number of carbonyl (C=O) groups excluding carboxylic acids is 1. The van der Waals surface area contributed by atoms with Crippen molar-refractivity contribution in [3.63, 3.8) is 0 Å². The van der Waals surface area contributed by atoms with E-state index in [0.29, 0.717) is 23.7 Å². The van der Waals surface area contributed by atoms with E-state index in [9.17, 15) is 4.79 Å². The first-order valence-electron chi connectivity index (χ1n) is 6.75. The Kier molecular flexibility index (Phi) is 5.80. The van der Waals surface area contributed by atoms with Gasteiger partial charge in [-0.25, -0.2) is 4.79 Å². The van der Waals surface area contributed by atoms with Gasteiger partial charge in [0.2, 0.25) is 0 Å². The topological polar surface area (TPSA) is 54.0 Å². The van der Waals surface area contributed by atoms with Crippen molar-refractivity contribution in [1.82, 2.24) is 0 Å². The Morgan fingerprint density at radius 1 is 1.00 bits per heavy atom. The maximum atomic E-state index is 11.8. The number of carbonyl (C=O) groups is 1. The van der Waals surface area contributed by atoms with E-state index in [0.717, 1.165) is 5.56 Å². The zero-order valence-electron chi connectivity index (χ0n) is 12.6. The molecule has 0 N–H and O–H groups in total. The van der Waals surface area contributed by atoms with E-state index < -0.39 is 5.97 Å². The van der Waals surface area contributed by atoms with Gasteiger partial charge in [-0.1, -0.05) is 30.3 Å². The van der Waals surface area contributed by atoms with Gasteiger partial charge in [0.15, 0.2) is 18.3 Å². The van der Waals surface area contributed by atoms with Crippen LogP contribution in [0.25, 0.3) is 0 Å². The van der Waals surface area contributed by atoms with Crippen LogP contribution in [-0.4, -0.2) is 27.0 Å². The van der Waals surface area contributed by atoms with E-state index in [4.69, 9.17) is 18.9 Å². The molecule has 5 nitrogen and oxygen atoms in total. The third kappa shape index (κ3) is 4.23. The van der Waals surface area contributed by atoms with Gasteiger partial charge in [-0.2, -0.15) is 0 Å². The van der Waals surface area contributed by atoms with Crippen molar-refractivity contribution in [2.75, 3.05) is 21.0 Å². The first-order chi connectivity index (χ1) is 10.7. The Morgan fingerprint density at radius 2 is 1.77 bits per heavy atom. The molecule has 0 unspecified atom stereocenters. The van der Waals surface area contributed by atoms with Crippen LogP contribution in [0.1, 0.15) is 15.9 Å². The van der Waals surface area contributed by atoms with Crippen LogP contribution >= 0.6 is 0 Å². The zero-order valence-corrected chi connectivity index (χ0v) is 12.6. The Hall–Kier alpha value is -2.53. The monoisotopic (exact) mass is 302 g/mol. The van der Waals surface area contributed by atoms with Gasteiger partial charge in [-0.3, -0.25) is 0 Å². The normalized spacial score (nSPS) is 10.1. The Bertz CT molecular complexity index is 610. The standard InChI is InChI=1S/C17H18O5/c1-19-12-22-17(18)14-8-9-15(16(10-14)20-2)21-11-13-6-4-3-5-7-13/h3-10H,11-12H2,1-2H3. The highest BCUT2D eigenvalue weighted by Gasteiger charge is 2.12. The summed E-state index contributed by atoms with van der Waals surface area (Å²) >= 11 is 0. The van der Waals surface area contributed by atoms with Gasteiger partial charge in [-0.15, -0.1) is 0 Å². The minimum atomic E-state index is -0.477. The first kappa shape index (κ1) is 15.9. The summed E-state index contributed by atoms with van der Waals surface area (Å²) in [5.74, 6) is 0.562. The summed E-state index contributed by atoms with van der Waals surface area (Å²) in [5.41, 5.74) is 1.43. The molecule has 0 saturated heterocycles. The number of hydrogen-bond donors (Lipinski definition) is 0. The molecule has 2 rings (SSSR count). The van der Waals surface area contributed by atoms with Crippen molar-refractivity contribution in [2.24, 2.45) is 0 Å². The number of benzene rings is 2. The third-order valence-electron chi connectivity index (χ3n) is 2.94. The van der Waals surface area contributed by atoms with E-state index in [2.05, 4.69) is 0 Å². The van der Waals surface area contributed by atoms with E-state index in [-0.39, 0.29) is 6.79 Å². The third-order valence-corrected chi connectivity index (χ3v) is 2.94. The molecule has 0 amide bonds. The first-order valence-corrected chi connectivity index (χ1v) is 6.75. The van der Waals surface area contributed by atoms with Crippen LogP contribution < -0.4 is 9.47 Å². The summed E-state index contributed by atoms with van der Waals surface area (Å²) in [6, 6.07) is 14.7. The number of methoxy groups -OCH3 is 2. The average Bonchev–Trinajstić information content (AvgIpc) is 2.58. The molecule has 0 radical (unpaired) electrons. The molecule has 2 aromatic carbocycles. The molecule has 0 fully saturated rings. The zero-order chi connectivity index (χ0) is 15.8. The van der Waals surface area contributed by atoms with E-state index in [1.165, 1.54) is 14.2 Å². The van der Waals surface area contributed by atoms with Gasteiger partial charge in [0.1, 0.15) is 6.61 Å². The maximum Gasteiger partial charge on any atom is 0.340 e. The Morgan fingerprint density at radius 3 is 2.45 bits per heavy atom. The summed E-state index contributed by atoms with van der Waals surface area (Å²) in [7, 11) is 2.98.